The molecular formula is C21H22FN3. The van der Waals surface area contributed by atoms with Gasteiger partial charge in [0, 0.05) is 31.2 Å². The molecule has 1 fully saturated rings. The number of rotatable bonds is 3. The molecule has 2 heterocycles. The fraction of sp³-hybridized carbons (Fsp3) is 0.286. The van der Waals surface area contributed by atoms with Crippen molar-refractivity contribution < 1.29 is 4.39 Å². The van der Waals surface area contributed by atoms with Crippen molar-refractivity contribution in [3.05, 3.63) is 77.7 Å². The maximum Gasteiger partial charge on any atom is 0.123 e. The van der Waals surface area contributed by atoms with Gasteiger partial charge in [-0.2, -0.15) is 0 Å². The topological polar surface area (TPSA) is 28.2 Å². The van der Waals surface area contributed by atoms with Gasteiger partial charge in [-0.25, -0.2) is 4.39 Å². The minimum absolute atomic E-state index is 0.105. The smallest absolute Gasteiger partial charge is 0.123 e. The lowest BCUT2D eigenvalue weighted by molar-refractivity contribution is 0.242. The van der Waals surface area contributed by atoms with Gasteiger partial charge in [0.1, 0.15) is 5.82 Å². The third kappa shape index (κ3) is 3.41. The Morgan fingerprint density at radius 2 is 1.80 bits per heavy atom. The Balaban J connectivity index is 1.85. The zero-order valence-corrected chi connectivity index (χ0v) is 14.2. The molecule has 2 aromatic carbocycles. The largest absolute Gasteiger partial charge is 0.315 e. The predicted molar refractivity (Wildman–Crippen MR) is 99.0 cm³/mol. The SMILES string of the molecule is Fc1ccc(C(c2ccnc3ccccc23)N2CCCNCC2)cc1. The molecule has 1 unspecified atom stereocenters. The van der Waals surface area contributed by atoms with Crippen LogP contribution in [-0.2, 0) is 0 Å². The van der Waals surface area contributed by atoms with Crippen LogP contribution in [0.5, 0.6) is 0 Å². The molecule has 1 aliphatic rings. The van der Waals surface area contributed by atoms with Crippen LogP contribution in [0.25, 0.3) is 10.9 Å². The zero-order valence-electron chi connectivity index (χ0n) is 14.2. The van der Waals surface area contributed by atoms with Gasteiger partial charge in [-0.05, 0) is 48.4 Å². The van der Waals surface area contributed by atoms with Crippen molar-refractivity contribution in [1.29, 1.82) is 0 Å². The van der Waals surface area contributed by atoms with Crippen LogP contribution in [-0.4, -0.2) is 36.1 Å². The van der Waals surface area contributed by atoms with E-state index in [1.807, 2.05) is 30.5 Å². The number of hydrogen-bond donors (Lipinski definition) is 1. The van der Waals surface area contributed by atoms with Gasteiger partial charge in [-0.1, -0.05) is 30.3 Å². The van der Waals surface area contributed by atoms with Gasteiger partial charge in [0.25, 0.3) is 0 Å². The second kappa shape index (κ2) is 7.30. The summed E-state index contributed by atoms with van der Waals surface area (Å²) in [5.41, 5.74) is 3.36. The van der Waals surface area contributed by atoms with E-state index in [0.29, 0.717) is 0 Å². The molecule has 25 heavy (non-hydrogen) atoms. The van der Waals surface area contributed by atoms with E-state index >= 15 is 0 Å². The van der Waals surface area contributed by atoms with Gasteiger partial charge in [0.05, 0.1) is 11.6 Å². The molecule has 4 heteroatoms. The molecule has 1 aliphatic heterocycles. The third-order valence-corrected chi connectivity index (χ3v) is 4.90. The van der Waals surface area contributed by atoms with Crippen LogP contribution in [0.2, 0.25) is 0 Å². The predicted octanol–water partition coefficient (Wildman–Crippen LogP) is 3.76. The molecule has 0 saturated carbocycles. The minimum Gasteiger partial charge on any atom is -0.315 e. The van der Waals surface area contributed by atoms with Crippen LogP contribution in [0.15, 0.2) is 60.8 Å². The number of halogens is 1. The molecule has 128 valence electrons. The fourth-order valence-electron chi connectivity index (χ4n) is 3.71. The van der Waals surface area contributed by atoms with E-state index in [4.69, 9.17) is 0 Å². The summed E-state index contributed by atoms with van der Waals surface area (Å²) >= 11 is 0. The number of fused-ring (bicyclic) bond motifs is 1. The standard InChI is InChI=1S/C21H22FN3/c22-17-8-6-16(7-9-17)21(25-14-3-11-23-13-15-25)19-10-12-24-20-5-2-1-4-18(19)20/h1-2,4-10,12,21,23H,3,11,13-15H2. The lowest BCUT2D eigenvalue weighted by Crippen LogP contribution is -2.33. The Morgan fingerprint density at radius 3 is 2.68 bits per heavy atom. The van der Waals surface area contributed by atoms with E-state index in [2.05, 4.69) is 33.4 Å². The number of benzene rings is 2. The average molecular weight is 335 g/mol. The van der Waals surface area contributed by atoms with E-state index in [1.165, 1.54) is 5.56 Å². The van der Waals surface area contributed by atoms with Gasteiger partial charge < -0.3 is 5.32 Å². The van der Waals surface area contributed by atoms with Gasteiger partial charge >= 0.3 is 0 Å². The highest BCUT2D eigenvalue weighted by molar-refractivity contribution is 5.82. The number of aromatic nitrogens is 1. The maximum absolute atomic E-state index is 13.5. The maximum atomic E-state index is 13.5. The lowest BCUT2D eigenvalue weighted by Gasteiger charge is -2.32. The van der Waals surface area contributed by atoms with Gasteiger partial charge in [0.15, 0.2) is 0 Å². The highest BCUT2D eigenvalue weighted by Crippen LogP contribution is 2.33. The van der Waals surface area contributed by atoms with E-state index in [-0.39, 0.29) is 11.9 Å². The molecule has 1 N–H and O–H groups in total. The number of nitrogens with one attached hydrogen (secondary N) is 1. The van der Waals surface area contributed by atoms with E-state index in [0.717, 1.165) is 49.1 Å². The molecule has 0 radical (unpaired) electrons. The number of para-hydroxylation sites is 1. The van der Waals surface area contributed by atoms with Gasteiger partial charge in [-0.15, -0.1) is 0 Å². The zero-order chi connectivity index (χ0) is 17.1. The second-order valence-electron chi connectivity index (χ2n) is 6.51. The summed E-state index contributed by atoms with van der Waals surface area (Å²) in [5.74, 6) is -0.195. The molecule has 0 amide bonds. The van der Waals surface area contributed by atoms with E-state index in [1.54, 1.807) is 12.1 Å². The highest BCUT2D eigenvalue weighted by Gasteiger charge is 2.24. The Bertz CT molecular complexity index is 834. The first-order chi connectivity index (χ1) is 12.3. The van der Waals surface area contributed by atoms with Crippen molar-refractivity contribution in [1.82, 2.24) is 15.2 Å². The number of hydrogen-bond acceptors (Lipinski definition) is 3. The summed E-state index contributed by atoms with van der Waals surface area (Å²) in [6.07, 6.45) is 2.99. The van der Waals surface area contributed by atoms with Crippen LogP contribution < -0.4 is 5.32 Å². The molecule has 0 aliphatic carbocycles. The quantitative estimate of drug-likeness (QED) is 0.790. The first-order valence-electron chi connectivity index (χ1n) is 8.87. The molecule has 4 rings (SSSR count). The highest BCUT2D eigenvalue weighted by atomic mass is 19.1. The molecule has 1 aromatic heterocycles. The molecule has 1 atom stereocenters. The van der Waals surface area contributed by atoms with Crippen molar-refractivity contribution >= 4 is 10.9 Å². The van der Waals surface area contributed by atoms with Crippen molar-refractivity contribution in [2.24, 2.45) is 0 Å². The first kappa shape index (κ1) is 16.2. The van der Waals surface area contributed by atoms with Crippen LogP contribution in [0.3, 0.4) is 0 Å². The summed E-state index contributed by atoms with van der Waals surface area (Å²) in [7, 11) is 0. The lowest BCUT2D eigenvalue weighted by atomic mass is 9.94. The summed E-state index contributed by atoms with van der Waals surface area (Å²) in [4.78, 5) is 7.00. The third-order valence-electron chi connectivity index (χ3n) is 4.90. The van der Waals surface area contributed by atoms with Crippen LogP contribution >= 0.6 is 0 Å². The molecule has 3 aromatic rings. The average Bonchev–Trinajstić information content (AvgIpc) is 2.93. The molecule has 0 spiro atoms. The summed E-state index contributed by atoms with van der Waals surface area (Å²) in [5, 5.41) is 4.63. The Labute approximate surface area is 147 Å². The van der Waals surface area contributed by atoms with Crippen molar-refractivity contribution in [2.45, 2.75) is 12.5 Å². The Kier molecular flexibility index (Phi) is 4.72. The number of pyridine rings is 1. The molecule has 3 nitrogen and oxygen atoms in total. The Morgan fingerprint density at radius 1 is 0.960 bits per heavy atom. The minimum atomic E-state index is -0.195. The molecular weight excluding hydrogens is 313 g/mol. The number of nitrogens with zero attached hydrogens (tertiary/aromatic N) is 2. The van der Waals surface area contributed by atoms with Crippen LogP contribution in [0, 0.1) is 5.82 Å². The van der Waals surface area contributed by atoms with Crippen LogP contribution in [0.1, 0.15) is 23.6 Å². The van der Waals surface area contributed by atoms with Gasteiger partial charge in [0.2, 0.25) is 0 Å². The van der Waals surface area contributed by atoms with Gasteiger partial charge in [-0.3, -0.25) is 9.88 Å². The monoisotopic (exact) mass is 335 g/mol. The summed E-state index contributed by atoms with van der Waals surface area (Å²) in [6.45, 7) is 4.01. The summed E-state index contributed by atoms with van der Waals surface area (Å²) in [6, 6.07) is 17.4. The van der Waals surface area contributed by atoms with Crippen molar-refractivity contribution in [3.8, 4) is 0 Å². The van der Waals surface area contributed by atoms with Crippen LogP contribution in [0.4, 0.5) is 4.39 Å². The Hall–Kier alpha value is -2.30. The molecule has 1 saturated heterocycles. The van der Waals surface area contributed by atoms with E-state index < -0.39 is 0 Å². The van der Waals surface area contributed by atoms with Crippen molar-refractivity contribution in [3.63, 3.8) is 0 Å². The fourth-order valence-corrected chi connectivity index (χ4v) is 3.71. The van der Waals surface area contributed by atoms with E-state index in [9.17, 15) is 4.39 Å². The summed E-state index contributed by atoms with van der Waals surface area (Å²) < 4.78 is 13.5. The molecule has 0 bridgehead atoms. The van der Waals surface area contributed by atoms with Crippen molar-refractivity contribution in [2.75, 3.05) is 26.2 Å². The second-order valence-corrected chi connectivity index (χ2v) is 6.51. The normalized spacial score (nSPS) is 17.3. The first-order valence-corrected chi connectivity index (χ1v) is 8.87.